The number of amides is 1. The zero-order valence-corrected chi connectivity index (χ0v) is 17.2. The average molecular weight is 493 g/mol. The molecule has 1 amide bonds. The second-order valence-electron chi connectivity index (χ2n) is 6.42. The van der Waals surface area contributed by atoms with Crippen LogP contribution < -0.4 is 14.8 Å². The molecule has 1 aliphatic rings. The Hall–Kier alpha value is -2.11. The third-order valence-electron chi connectivity index (χ3n) is 3.91. The topological polar surface area (TPSA) is 84.5 Å². The molecule has 29 heavy (non-hydrogen) atoms. The highest BCUT2D eigenvalue weighted by Crippen LogP contribution is 2.26. The van der Waals surface area contributed by atoms with Gasteiger partial charge in [-0.15, -0.1) is 0 Å². The summed E-state index contributed by atoms with van der Waals surface area (Å²) in [7, 11) is -3.73. The van der Waals surface area contributed by atoms with Gasteiger partial charge in [-0.1, -0.05) is 0 Å². The van der Waals surface area contributed by atoms with Gasteiger partial charge >= 0.3 is 6.18 Å². The molecule has 0 unspecified atom stereocenters. The van der Waals surface area contributed by atoms with Crippen LogP contribution >= 0.6 is 15.9 Å². The average Bonchev–Trinajstić information content (AvgIpc) is 3.44. The van der Waals surface area contributed by atoms with Gasteiger partial charge in [0, 0.05) is 16.2 Å². The number of rotatable bonds is 7. The maximum Gasteiger partial charge on any atom is 0.422 e. The van der Waals surface area contributed by atoms with E-state index in [4.69, 9.17) is 0 Å². The van der Waals surface area contributed by atoms with Crippen molar-refractivity contribution in [3.8, 4) is 5.75 Å². The molecule has 2 N–H and O–H groups in total. The van der Waals surface area contributed by atoms with Crippen LogP contribution in [0.5, 0.6) is 5.75 Å². The third-order valence-corrected chi connectivity index (χ3v) is 6.12. The molecule has 1 saturated carbocycles. The van der Waals surface area contributed by atoms with E-state index in [-0.39, 0.29) is 22.3 Å². The van der Waals surface area contributed by atoms with E-state index in [1.54, 1.807) is 0 Å². The van der Waals surface area contributed by atoms with Gasteiger partial charge < -0.3 is 10.1 Å². The minimum atomic E-state index is -4.45. The van der Waals surface area contributed by atoms with Crippen LogP contribution in [0, 0.1) is 0 Å². The summed E-state index contributed by atoms with van der Waals surface area (Å²) in [5.74, 6) is -0.579. The molecule has 1 aliphatic carbocycles. The first kappa shape index (κ1) is 21.6. The van der Waals surface area contributed by atoms with Crippen molar-refractivity contribution in [3.63, 3.8) is 0 Å². The normalized spacial score (nSPS) is 14.5. The molecular weight excluding hydrogens is 477 g/mol. The summed E-state index contributed by atoms with van der Waals surface area (Å²) >= 11 is 3.22. The highest BCUT2D eigenvalue weighted by Gasteiger charge is 2.29. The van der Waals surface area contributed by atoms with Gasteiger partial charge in [-0.05, 0) is 71.2 Å². The van der Waals surface area contributed by atoms with Crippen LogP contribution in [0.4, 0.5) is 18.9 Å². The van der Waals surface area contributed by atoms with Crippen molar-refractivity contribution >= 4 is 37.5 Å². The number of hydrogen-bond donors (Lipinski definition) is 2. The van der Waals surface area contributed by atoms with Crippen molar-refractivity contribution in [2.45, 2.75) is 30.0 Å². The molecule has 6 nitrogen and oxygen atoms in total. The van der Waals surface area contributed by atoms with Crippen molar-refractivity contribution in [1.29, 1.82) is 0 Å². The van der Waals surface area contributed by atoms with E-state index in [0.717, 1.165) is 12.8 Å². The van der Waals surface area contributed by atoms with E-state index in [2.05, 4.69) is 30.7 Å². The van der Waals surface area contributed by atoms with Crippen molar-refractivity contribution in [3.05, 3.63) is 52.5 Å². The van der Waals surface area contributed by atoms with Crippen LogP contribution in [0.25, 0.3) is 0 Å². The molecule has 2 aromatic carbocycles. The lowest BCUT2D eigenvalue weighted by Crippen LogP contribution is -2.26. The van der Waals surface area contributed by atoms with Crippen LogP contribution in [0.2, 0.25) is 0 Å². The Morgan fingerprint density at radius 3 is 2.38 bits per heavy atom. The molecule has 0 aromatic heterocycles. The van der Waals surface area contributed by atoms with Gasteiger partial charge in [-0.3, -0.25) is 4.79 Å². The second-order valence-corrected chi connectivity index (χ2v) is 8.99. The van der Waals surface area contributed by atoms with Crippen LogP contribution in [-0.2, 0) is 10.0 Å². The number of alkyl halides is 3. The molecule has 0 spiro atoms. The molecule has 0 saturated heterocycles. The van der Waals surface area contributed by atoms with Gasteiger partial charge in [0.25, 0.3) is 5.91 Å². The number of sulfonamides is 1. The van der Waals surface area contributed by atoms with Gasteiger partial charge in [0.05, 0.1) is 10.5 Å². The number of halogens is 4. The number of nitrogens with one attached hydrogen (secondary N) is 2. The molecular formula is C18H16BrF3N2O4S. The molecule has 11 heteroatoms. The Kier molecular flexibility index (Phi) is 6.20. The fourth-order valence-corrected chi connectivity index (χ4v) is 4.09. The Morgan fingerprint density at radius 2 is 1.79 bits per heavy atom. The van der Waals surface area contributed by atoms with Crippen molar-refractivity contribution in [2.75, 3.05) is 11.9 Å². The maximum absolute atomic E-state index is 12.6. The zero-order valence-electron chi connectivity index (χ0n) is 14.8. The number of anilines is 1. The number of ether oxygens (including phenoxy) is 1. The Bertz CT molecular complexity index is 1010. The predicted molar refractivity (Wildman–Crippen MR) is 103 cm³/mol. The van der Waals surface area contributed by atoms with Crippen LogP contribution in [0.15, 0.2) is 51.8 Å². The predicted octanol–water partition coefficient (Wildman–Crippen LogP) is 4.08. The Labute approximate surface area is 173 Å². The lowest BCUT2D eigenvalue weighted by molar-refractivity contribution is -0.153. The summed E-state index contributed by atoms with van der Waals surface area (Å²) in [6.07, 6.45) is -2.88. The number of hydrogen-bond acceptors (Lipinski definition) is 4. The SMILES string of the molecule is O=C(Nc1ccc(OCC(F)(F)F)cc1)c1cc(S(=O)(=O)NC2CC2)ccc1Br. The van der Waals surface area contributed by atoms with E-state index in [1.807, 2.05) is 0 Å². The van der Waals surface area contributed by atoms with Crippen molar-refractivity contribution in [1.82, 2.24) is 4.72 Å². The van der Waals surface area contributed by atoms with E-state index in [0.29, 0.717) is 10.2 Å². The minimum Gasteiger partial charge on any atom is -0.484 e. The lowest BCUT2D eigenvalue weighted by Gasteiger charge is -2.11. The van der Waals surface area contributed by atoms with Gasteiger partial charge in [-0.2, -0.15) is 13.2 Å². The van der Waals surface area contributed by atoms with Crippen LogP contribution in [-0.4, -0.2) is 33.1 Å². The highest BCUT2D eigenvalue weighted by atomic mass is 79.9. The lowest BCUT2D eigenvalue weighted by atomic mass is 10.2. The monoisotopic (exact) mass is 492 g/mol. The van der Waals surface area contributed by atoms with Crippen LogP contribution in [0.3, 0.4) is 0 Å². The third kappa shape index (κ3) is 6.18. The maximum atomic E-state index is 12.6. The van der Waals surface area contributed by atoms with Gasteiger partial charge in [0.2, 0.25) is 10.0 Å². The van der Waals surface area contributed by atoms with E-state index < -0.39 is 28.7 Å². The summed E-state index contributed by atoms with van der Waals surface area (Å²) in [5.41, 5.74) is 0.409. The zero-order chi connectivity index (χ0) is 21.2. The summed E-state index contributed by atoms with van der Waals surface area (Å²) in [4.78, 5) is 12.5. The van der Waals surface area contributed by atoms with Crippen LogP contribution in [0.1, 0.15) is 23.2 Å². The number of carbonyl (C=O) groups excluding carboxylic acids is 1. The van der Waals surface area contributed by atoms with Gasteiger partial charge in [-0.25, -0.2) is 13.1 Å². The number of carbonyl (C=O) groups is 1. The molecule has 0 atom stereocenters. The Balaban J connectivity index is 1.71. The van der Waals surface area contributed by atoms with Gasteiger partial charge in [0.1, 0.15) is 5.75 Å². The highest BCUT2D eigenvalue weighted by molar-refractivity contribution is 9.10. The summed E-state index contributed by atoms with van der Waals surface area (Å²) in [6.45, 7) is -1.41. The molecule has 0 aliphatic heterocycles. The first-order chi connectivity index (χ1) is 13.5. The van der Waals surface area contributed by atoms with E-state index in [1.165, 1.54) is 42.5 Å². The molecule has 1 fully saturated rings. The largest absolute Gasteiger partial charge is 0.484 e. The standard InChI is InChI=1S/C18H16BrF3N2O4S/c19-16-8-7-14(29(26,27)24-12-1-2-12)9-15(16)17(25)23-11-3-5-13(6-4-11)28-10-18(20,21)22/h3-9,12,24H,1-2,10H2,(H,23,25). The molecule has 0 radical (unpaired) electrons. The molecule has 0 bridgehead atoms. The second kappa shape index (κ2) is 8.33. The molecule has 156 valence electrons. The smallest absolute Gasteiger partial charge is 0.422 e. The molecule has 2 aromatic rings. The molecule has 0 heterocycles. The summed E-state index contributed by atoms with van der Waals surface area (Å²) in [6, 6.07) is 9.38. The summed E-state index contributed by atoms with van der Waals surface area (Å²) in [5, 5.41) is 2.57. The fraction of sp³-hybridized carbons (Fsp3) is 0.278. The first-order valence-electron chi connectivity index (χ1n) is 8.46. The van der Waals surface area contributed by atoms with E-state index in [9.17, 15) is 26.4 Å². The van der Waals surface area contributed by atoms with E-state index >= 15 is 0 Å². The van der Waals surface area contributed by atoms with Crippen molar-refractivity contribution in [2.24, 2.45) is 0 Å². The first-order valence-corrected chi connectivity index (χ1v) is 10.7. The minimum absolute atomic E-state index is 0.000690. The quantitative estimate of drug-likeness (QED) is 0.609. The molecule has 3 rings (SSSR count). The number of benzene rings is 2. The van der Waals surface area contributed by atoms with Gasteiger partial charge in [0.15, 0.2) is 6.61 Å². The Morgan fingerprint density at radius 1 is 1.14 bits per heavy atom. The fourth-order valence-electron chi connectivity index (χ4n) is 2.33. The van der Waals surface area contributed by atoms with Crippen molar-refractivity contribution < 1.29 is 31.1 Å². The summed E-state index contributed by atoms with van der Waals surface area (Å²) < 4.78 is 68.8.